The highest BCUT2D eigenvalue weighted by atomic mass is 32.1. The first-order valence-corrected chi connectivity index (χ1v) is 9.95. The molecule has 158 valence electrons. The van der Waals surface area contributed by atoms with Crippen LogP contribution in [0.3, 0.4) is 0 Å². The average Bonchev–Trinajstić information content (AvgIpc) is 3.41. The lowest BCUT2D eigenvalue weighted by Crippen LogP contribution is -2.13. The number of carbonyl (C=O) groups is 1. The van der Waals surface area contributed by atoms with Gasteiger partial charge in [0.25, 0.3) is 11.6 Å². The van der Waals surface area contributed by atoms with Crippen LogP contribution < -0.4 is 10.1 Å². The standard InChI is InChI=1S/C20H17N5O5S/c1-3-4-18-23-24-20(31-18)22-19(26)12(11-21)9-14-6-8-17(30-14)15-7-5-13(29-2)10-16(15)25(27)28/h5-10H,3-4H2,1-2H3,(H,22,24,26)/b12-9-. The molecule has 2 aromatic heterocycles. The fraction of sp³-hybridized carbons (Fsp3) is 0.200. The zero-order valence-corrected chi connectivity index (χ0v) is 17.4. The van der Waals surface area contributed by atoms with E-state index in [4.69, 9.17) is 9.15 Å². The van der Waals surface area contributed by atoms with Gasteiger partial charge in [-0.15, -0.1) is 10.2 Å². The summed E-state index contributed by atoms with van der Waals surface area (Å²) >= 11 is 1.24. The van der Waals surface area contributed by atoms with Crippen molar-refractivity contribution >= 4 is 34.1 Å². The van der Waals surface area contributed by atoms with Crippen LogP contribution in [-0.2, 0) is 11.2 Å². The molecule has 3 aromatic rings. The monoisotopic (exact) mass is 439 g/mol. The molecule has 0 bridgehead atoms. The number of nitriles is 1. The van der Waals surface area contributed by atoms with Gasteiger partial charge >= 0.3 is 0 Å². The summed E-state index contributed by atoms with van der Waals surface area (Å²) in [5, 5.41) is 32.2. The molecule has 0 aliphatic carbocycles. The van der Waals surface area contributed by atoms with Crippen LogP contribution >= 0.6 is 11.3 Å². The number of amides is 1. The van der Waals surface area contributed by atoms with Crippen molar-refractivity contribution in [2.24, 2.45) is 0 Å². The molecule has 3 rings (SSSR count). The average molecular weight is 439 g/mol. The van der Waals surface area contributed by atoms with Crippen molar-refractivity contribution in [2.75, 3.05) is 12.4 Å². The highest BCUT2D eigenvalue weighted by molar-refractivity contribution is 7.15. The van der Waals surface area contributed by atoms with Gasteiger partial charge in [-0.25, -0.2) is 0 Å². The Bertz CT molecular complexity index is 1190. The third kappa shape index (κ3) is 5.12. The summed E-state index contributed by atoms with van der Waals surface area (Å²) in [6.07, 6.45) is 2.91. The van der Waals surface area contributed by atoms with E-state index in [2.05, 4.69) is 15.5 Å². The van der Waals surface area contributed by atoms with Crippen LogP contribution in [0.15, 0.2) is 40.3 Å². The molecule has 0 fully saturated rings. The number of methoxy groups -OCH3 is 1. The van der Waals surface area contributed by atoms with Gasteiger partial charge in [0.05, 0.1) is 23.7 Å². The number of anilines is 1. The number of hydrogen-bond acceptors (Lipinski definition) is 9. The third-order valence-electron chi connectivity index (χ3n) is 4.10. The van der Waals surface area contributed by atoms with Gasteiger partial charge in [0.2, 0.25) is 5.13 Å². The molecular formula is C20H17N5O5S. The molecule has 11 heteroatoms. The molecular weight excluding hydrogens is 422 g/mol. The zero-order valence-electron chi connectivity index (χ0n) is 16.6. The molecule has 0 aliphatic rings. The maximum atomic E-state index is 12.4. The van der Waals surface area contributed by atoms with Gasteiger partial charge in [-0.2, -0.15) is 5.26 Å². The quantitative estimate of drug-likeness (QED) is 0.238. The molecule has 31 heavy (non-hydrogen) atoms. The fourth-order valence-electron chi connectivity index (χ4n) is 2.65. The number of aryl methyl sites for hydroxylation is 1. The second-order valence-electron chi connectivity index (χ2n) is 6.22. The Hall–Kier alpha value is -4.04. The summed E-state index contributed by atoms with van der Waals surface area (Å²) in [4.78, 5) is 23.2. The van der Waals surface area contributed by atoms with Gasteiger partial charge in [0.1, 0.15) is 33.9 Å². The van der Waals surface area contributed by atoms with E-state index in [0.717, 1.165) is 17.8 Å². The number of rotatable bonds is 8. The minimum Gasteiger partial charge on any atom is -0.497 e. The summed E-state index contributed by atoms with van der Waals surface area (Å²) in [5.74, 6) is 0.0850. The molecule has 0 radical (unpaired) electrons. The summed E-state index contributed by atoms with van der Waals surface area (Å²) < 4.78 is 10.6. The van der Waals surface area contributed by atoms with Gasteiger partial charge < -0.3 is 9.15 Å². The summed E-state index contributed by atoms with van der Waals surface area (Å²) in [7, 11) is 1.41. The van der Waals surface area contributed by atoms with E-state index in [0.29, 0.717) is 10.9 Å². The van der Waals surface area contributed by atoms with Gasteiger partial charge in [-0.3, -0.25) is 20.2 Å². The smallest absolute Gasteiger partial charge is 0.284 e. The Morgan fingerprint density at radius 3 is 2.87 bits per heavy atom. The van der Waals surface area contributed by atoms with Crippen molar-refractivity contribution in [3.8, 4) is 23.1 Å². The number of furan rings is 1. The van der Waals surface area contributed by atoms with Crippen molar-refractivity contribution in [1.29, 1.82) is 5.26 Å². The van der Waals surface area contributed by atoms with Crippen molar-refractivity contribution in [1.82, 2.24) is 10.2 Å². The molecule has 0 saturated heterocycles. The largest absolute Gasteiger partial charge is 0.497 e. The molecule has 1 amide bonds. The molecule has 0 unspecified atom stereocenters. The van der Waals surface area contributed by atoms with Crippen LogP contribution in [0.4, 0.5) is 10.8 Å². The molecule has 1 aromatic carbocycles. The molecule has 0 spiro atoms. The van der Waals surface area contributed by atoms with Gasteiger partial charge in [-0.05, 0) is 30.7 Å². The van der Waals surface area contributed by atoms with Crippen LogP contribution in [-0.4, -0.2) is 28.1 Å². The predicted octanol–water partition coefficient (Wildman–Crippen LogP) is 4.21. The Balaban J connectivity index is 1.83. The minimum atomic E-state index is -0.657. The first-order valence-electron chi connectivity index (χ1n) is 9.13. The summed E-state index contributed by atoms with van der Waals surface area (Å²) in [6.45, 7) is 2.01. The van der Waals surface area contributed by atoms with Crippen molar-refractivity contribution in [2.45, 2.75) is 19.8 Å². The number of ether oxygens (including phenoxy) is 1. The molecule has 0 aliphatic heterocycles. The van der Waals surface area contributed by atoms with Crippen LogP contribution in [0.25, 0.3) is 17.4 Å². The van der Waals surface area contributed by atoms with Crippen LogP contribution in [0, 0.1) is 21.4 Å². The predicted molar refractivity (Wildman–Crippen MR) is 113 cm³/mol. The van der Waals surface area contributed by atoms with Crippen molar-refractivity contribution in [3.05, 3.63) is 56.8 Å². The lowest BCUT2D eigenvalue weighted by Gasteiger charge is -2.03. The first kappa shape index (κ1) is 21.7. The normalized spacial score (nSPS) is 11.1. The third-order valence-corrected chi connectivity index (χ3v) is 5.00. The summed E-state index contributed by atoms with van der Waals surface area (Å²) in [5.41, 5.74) is -0.162. The Labute approximate surface area is 180 Å². The number of benzene rings is 1. The number of nitrogens with one attached hydrogen (secondary N) is 1. The van der Waals surface area contributed by atoms with Crippen molar-refractivity contribution in [3.63, 3.8) is 0 Å². The van der Waals surface area contributed by atoms with E-state index >= 15 is 0 Å². The number of nitro benzene ring substituents is 1. The van der Waals surface area contributed by atoms with E-state index in [1.54, 1.807) is 6.07 Å². The number of aromatic nitrogens is 2. The lowest BCUT2D eigenvalue weighted by molar-refractivity contribution is -0.384. The van der Waals surface area contributed by atoms with Crippen LogP contribution in [0.5, 0.6) is 5.75 Å². The van der Waals surface area contributed by atoms with Gasteiger partial charge in [-0.1, -0.05) is 18.3 Å². The first-order chi connectivity index (χ1) is 14.9. The minimum absolute atomic E-state index is 0.191. The highest BCUT2D eigenvalue weighted by Gasteiger charge is 2.20. The molecule has 0 saturated carbocycles. The molecule has 1 N–H and O–H groups in total. The topological polar surface area (TPSA) is 144 Å². The Morgan fingerprint density at radius 2 is 2.19 bits per heavy atom. The second-order valence-corrected chi connectivity index (χ2v) is 7.28. The number of nitro groups is 1. The number of hydrogen-bond donors (Lipinski definition) is 1. The fourth-order valence-corrected chi connectivity index (χ4v) is 3.48. The number of carbonyl (C=O) groups excluding carboxylic acids is 1. The van der Waals surface area contributed by atoms with Gasteiger partial charge in [0.15, 0.2) is 0 Å². The van der Waals surface area contributed by atoms with E-state index in [-0.39, 0.29) is 28.3 Å². The molecule has 2 heterocycles. The Kier molecular flexibility index (Phi) is 6.74. The maximum absolute atomic E-state index is 12.4. The van der Waals surface area contributed by atoms with E-state index in [1.165, 1.54) is 48.8 Å². The highest BCUT2D eigenvalue weighted by Crippen LogP contribution is 2.34. The van der Waals surface area contributed by atoms with Crippen LogP contribution in [0.1, 0.15) is 24.1 Å². The lowest BCUT2D eigenvalue weighted by atomic mass is 10.1. The zero-order chi connectivity index (χ0) is 22.4. The van der Waals surface area contributed by atoms with E-state index in [9.17, 15) is 20.2 Å². The van der Waals surface area contributed by atoms with Crippen molar-refractivity contribution < 1.29 is 18.9 Å². The van der Waals surface area contributed by atoms with E-state index < -0.39 is 10.8 Å². The SMILES string of the molecule is CCCc1nnc(NC(=O)/C(C#N)=C\c2ccc(-c3ccc(OC)cc3[N+](=O)[O-])o2)s1. The second kappa shape index (κ2) is 9.64. The Morgan fingerprint density at radius 1 is 1.39 bits per heavy atom. The molecule has 10 nitrogen and oxygen atoms in total. The van der Waals surface area contributed by atoms with E-state index in [1.807, 2.05) is 13.0 Å². The molecule has 0 atom stereocenters. The van der Waals surface area contributed by atoms with Crippen LogP contribution in [0.2, 0.25) is 0 Å². The number of nitrogens with zero attached hydrogens (tertiary/aromatic N) is 4. The summed E-state index contributed by atoms with van der Waals surface area (Å²) in [6, 6.07) is 9.22. The maximum Gasteiger partial charge on any atom is 0.284 e. The van der Waals surface area contributed by atoms with Gasteiger partial charge in [0, 0.05) is 12.5 Å².